The van der Waals surface area contributed by atoms with E-state index < -0.39 is 27.5 Å². The second-order valence-corrected chi connectivity index (χ2v) is 7.24. The number of carboxylic acids is 1. The lowest BCUT2D eigenvalue weighted by atomic mass is 10.3. The maximum absolute atomic E-state index is 12.8. The molecule has 0 aliphatic carbocycles. The molecule has 0 saturated carbocycles. The highest BCUT2D eigenvalue weighted by atomic mass is 35.5. The number of anilines is 1. The number of benzene rings is 2. The highest BCUT2D eigenvalue weighted by Crippen LogP contribution is 2.32. The Labute approximate surface area is 153 Å². The summed E-state index contributed by atoms with van der Waals surface area (Å²) in [6.07, 6.45) is 0. The standard InChI is InChI=1S/C15H13ClN2O7S/c1-25-14-7-4-11(8-13(14)16)17(9-15(19)20)26(23,24)12-5-2-10(3-6-12)18(21)22/h2-8H,9H2,1H3,(H,19,20). The molecule has 2 rings (SSSR count). The fraction of sp³-hybridized carbons (Fsp3) is 0.133. The second-order valence-electron chi connectivity index (χ2n) is 4.98. The lowest BCUT2D eigenvalue weighted by Gasteiger charge is -2.23. The summed E-state index contributed by atoms with van der Waals surface area (Å²) in [6, 6.07) is 8.11. The molecule has 0 unspecified atom stereocenters. The van der Waals surface area contributed by atoms with Crippen molar-refractivity contribution < 1.29 is 28.0 Å². The van der Waals surface area contributed by atoms with Crippen LogP contribution in [0, 0.1) is 10.1 Å². The van der Waals surface area contributed by atoms with Crippen molar-refractivity contribution in [3.63, 3.8) is 0 Å². The molecule has 1 N–H and O–H groups in total. The zero-order chi connectivity index (χ0) is 19.5. The summed E-state index contributed by atoms with van der Waals surface area (Å²) in [5, 5.41) is 19.9. The normalized spacial score (nSPS) is 11.0. The average Bonchev–Trinajstić information content (AvgIpc) is 2.59. The number of nitro benzene ring substituents is 1. The molecule has 0 fully saturated rings. The number of carboxylic acid groups (broad SMARTS) is 1. The number of rotatable bonds is 7. The largest absolute Gasteiger partial charge is 0.495 e. The van der Waals surface area contributed by atoms with Crippen LogP contribution in [0.1, 0.15) is 0 Å². The number of ether oxygens (including phenoxy) is 1. The molecule has 9 nitrogen and oxygen atoms in total. The summed E-state index contributed by atoms with van der Waals surface area (Å²) in [5.74, 6) is -1.10. The highest BCUT2D eigenvalue weighted by Gasteiger charge is 2.28. The van der Waals surface area contributed by atoms with Crippen LogP contribution >= 0.6 is 11.6 Å². The number of halogens is 1. The topological polar surface area (TPSA) is 127 Å². The lowest BCUT2D eigenvalue weighted by molar-refractivity contribution is -0.384. The van der Waals surface area contributed by atoms with Gasteiger partial charge in [0.2, 0.25) is 0 Å². The van der Waals surface area contributed by atoms with Crippen LogP contribution < -0.4 is 9.04 Å². The van der Waals surface area contributed by atoms with Gasteiger partial charge in [0.1, 0.15) is 12.3 Å². The zero-order valence-electron chi connectivity index (χ0n) is 13.3. The fourth-order valence-corrected chi connectivity index (χ4v) is 3.77. The smallest absolute Gasteiger partial charge is 0.324 e. The number of hydrogen-bond donors (Lipinski definition) is 1. The summed E-state index contributed by atoms with van der Waals surface area (Å²) in [6.45, 7) is -0.859. The minimum atomic E-state index is -4.30. The molecule has 2 aromatic rings. The monoisotopic (exact) mass is 400 g/mol. The van der Waals surface area contributed by atoms with Crippen molar-refractivity contribution in [2.45, 2.75) is 4.90 Å². The maximum Gasteiger partial charge on any atom is 0.324 e. The van der Waals surface area contributed by atoms with Crippen LogP contribution in [-0.4, -0.2) is 38.1 Å². The van der Waals surface area contributed by atoms with Crippen molar-refractivity contribution in [1.29, 1.82) is 0 Å². The van der Waals surface area contributed by atoms with E-state index >= 15 is 0 Å². The van der Waals surface area contributed by atoms with Crippen molar-refractivity contribution in [2.24, 2.45) is 0 Å². The predicted octanol–water partition coefficient (Wildman–Crippen LogP) is 2.54. The first kappa shape index (κ1) is 19.5. The molecule has 0 bridgehead atoms. The average molecular weight is 401 g/mol. The van der Waals surface area contributed by atoms with Crippen molar-refractivity contribution in [3.8, 4) is 5.75 Å². The molecule has 0 heterocycles. The predicted molar refractivity (Wildman–Crippen MR) is 93.3 cm³/mol. The Morgan fingerprint density at radius 3 is 2.35 bits per heavy atom. The Kier molecular flexibility index (Phi) is 5.68. The van der Waals surface area contributed by atoms with E-state index in [1.54, 1.807) is 0 Å². The van der Waals surface area contributed by atoms with Gasteiger partial charge < -0.3 is 9.84 Å². The van der Waals surface area contributed by atoms with Crippen LogP contribution in [0.2, 0.25) is 5.02 Å². The van der Waals surface area contributed by atoms with Crippen molar-refractivity contribution in [1.82, 2.24) is 0 Å². The number of nitro groups is 1. The Hall–Kier alpha value is -2.85. The molecule has 2 aromatic carbocycles. The zero-order valence-corrected chi connectivity index (χ0v) is 14.9. The van der Waals surface area contributed by atoms with Crippen molar-refractivity contribution in [3.05, 3.63) is 57.6 Å². The molecule has 0 aliphatic heterocycles. The lowest BCUT2D eigenvalue weighted by Crippen LogP contribution is -2.35. The number of non-ortho nitro benzene ring substituents is 1. The minimum Gasteiger partial charge on any atom is -0.495 e. The van der Waals surface area contributed by atoms with Crippen molar-refractivity contribution in [2.75, 3.05) is 18.0 Å². The Balaban J connectivity index is 2.52. The first-order valence-corrected chi connectivity index (χ1v) is 8.81. The van der Waals surface area contributed by atoms with Gasteiger partial charge in [0.05, 0.1) is 27.6 Å². The summed E-state index contributed by atoms with van der Waals surface area (Å²) >= 11 is 5.99. The van der Waals surface area contributed by atoms with E-state index in [-0.39, 0.29) is 21.3 Å². The molecule has 138 valence electrons. The van der Waals surface area contributed by atoms with Gasteiger partial charge in [0, 0.05) is 12.1 Å². The number of methoxy groups -OCH3 is 1. The molecule has 0 saturated heterocycles. The molecular weight excluding hydrogens is 388 g/mol. The minimum absolute atomic E-state index is 0.0107. The van der Waals surface area contributed by atoms with E-state index in [9.17, 15) is 23.3 Å². The molecule has 0 aromatic heterocycles. The van der Waals surface area contributed by atoms with Gasteiger partial charge >= 0.3 is 5.97 Å². The number of sulfonamides is 1. The molecule has 0 amide bonds. The summed E-state index contributed by atoms with van der Waals surface area (Å²) in [7, 11) is -2.92. The van der Waals surface area contributed by atoms with Crippen LogP contribution in [0.4, 0.5) is 11.4 Å². The molecular formula is C15H13ClN2O7S. The van der Waals surface area contributed by atoms with E-state index in [1.807, 2.05) is 0 Å². The summed E-state index contributed by atoms with van der Waals surface area (Å²) in [5.41, 5.74) is -0.280. The second kappa shape index (κ2) is 7.58. The van der Waals surface area contributed by atoms with E-state index in [0.29, 0.717) is 10.1 Å². The molecule has 0 spiro atoms. The first-order valence-electron chi connectivity index (χ1n) is 6.99. The Morgan fingerprint density at radius 1 is 1.27 bits per heavy atom. The summed E-state index contributed by atoms with van der Waals surface area (Å²) < 4.78 is 31.3. The van der Waals surface area contributed by atoms with Crippen LogP contribution in [0.25, 0.3) is 0 Å². The van der Waals surface area contributed by atoms with Crippen LogP contribution in [0.3, 0.4) is 0 Å². The van der Waals surface area contributed by atoms with Crippen LogP contribution in [0.5, 0.6) is 5.75 Å². The third-order valence-corrected chi connectivity index (χ3v) is 5.42. The van der Waals surface area contributed by atoms with Crippen LogP contribution in [0.15, 0.2) is 47.4 Å². The molecule has 0 atom stereocenters. The molecule has 0 aliphatic rings. The number of aliphatic carboxylic acids is 1. The quantitative estimate of drug-likeness (QED) is 0.558. The van der Waals surface area contributed by atoms with Gasteiger partial charge in [-0.15, -0.1) is 0 Å². The van der Waals surface area contributed by atoms with Gasteiger partial charge in [0.25, 0.3) is 15.7 Å². The summed E-state index contributed by atoms with van der Waals surface area (Å²) in [4.78, 5) is 20.9. The first-order chi connectivity index (χ1) is 12.2. The number of hydrogen-bond acceptors (Lipinski definition) is 6. The third kappa shape index (κ3) is 4.03. The van der Waals surface area contributed by atoms with Gasteiger partial charge in [0.15, 0.2) is 0 Å². The molecule has 11 heteroatoms. The van der Waals surface area contributed by atoms with E-state index in [2.05, 4.69) is 0 Å². The van der Waals surface area contributed by atoms with Gasteiger partial charge in [-0.05, 0) is 30.3 Å². The third-order valence-electron chi connectivity index (χ3n) is 3.34. The van der Waals surface area contributed by atoms with Crippen LogP contribution in [-0.2, 0) is 14.8 Å². The number of carbonyl (C=O) groups is 1. The Morgan fingerprint density at radius 2 is 1.88 bits per heavy atom. The van der Waals surface area contributed by atoms with Crippen molar-refractivity contribution >= 4 is 39.0 Å². The Bertz CT molecular complexity index is 945. The number of nitrogens with zero attached hydrogens (tertiary/aromatic N) is 2. The van der Waals surface area contributed by atoms with E-state index in [4.69, 9.17) is 21.4 Å². The van der Waals surface area contributed by atoms with E-state index in [0.717, 1.165) is 24.3 Å². The van der Waals surface area contributed by atoms with Gasteiger partial charge in [-0.3, -0.25) is 19.2 Å². The van der Waals surface area contributed by atoms with Gasteiger partial charge in [-0.1, -0.05) is 11.6 Å². The molecule has 26 heavy (non-hydrogen) atoms. The van der Waals surface area contributed by atoms with Gasteiger partial charge in [-0.2, -0.15) is 0 Å². The molecule has 0 radical (unpaired) electrons. The highest BCUT2D eigenvalue weighted by molar-refractivity contribution is 7.92. The van der Waals surface area contributed by atoms with Gasteiger partial charge in [-0.25, -0.2) is 8.42 Å². The van der Waals surface area contributed by atoms with E-state index in [1.165, 1.54) is 25.3 Å². The maximum atomic E-state index is 12.8. The SMILES string of the molecule is COc1ccc(N(CC(=O)O)S(=O)(=O)c2ccc([N+](=O)[O-])cc2)cc1Cl. The fourth-order valence-electron chi connectivity index (χ4n) is 2.12.